The number of aliphatic carboxylic acids is 2. The molecular formula is C11H22O9. The largest absolute Gasteiger partial charge is 0.481 e. The van der Waals surface area contributed by atoms with E-state index in [0.717, 1.165) is 0 Å². The van der Waals surface area contributed by atoms with Gasteiger partial charge in [0.05, 0.1) is 45.9 Å². The van der Waals surface area contributed by atoms with Crippen LogP contribution in [0.5, 0.6) is 0 Å². The Labute approximate surface area is 116 Å². The molecule has 1 atom stereocenters. The number of methoxy groups -OCH3 is 1. The molecule has 0 aliphatic heterocycles. The van der Waals surface area contributed by atoms with E-state index in [2.05, 4.69) is 4.74 Å². The van der Waals surface area contributed by atoms with Crippen molar-refractivity contribution in [3.8, 4) is 0 Å². The molecule has 20 heavy (non-hydrogen) atoms. The molecule has 0 aliphatic rings. The fourth-order valence-corrected chi connectivity index (χ4v) is 0.751. The average molecular weight is 298 g/mol. The fourth-order valence-electron chi connectivity index (χ4n) is 0.751. The molecule has 0 aromatic rings. The van der Waals surface area contributed by atoms with Gasteiger partial charge in [-0.3, -0.25) is 9.59 Å². The molecule has 1 unspecified atom stereocenters. The maximum Gasteiger partial charge on any atom is 0.303 e. The zero-order chi connectivity index (χ0) is 15.8. The molecule has 0 bridgehead atoms. The molecule has 9 heteroatoms. The van der Waals surface area contributed by atoms with Crippen LogP contribution in [0.25, 0.3) is 0 Å². The lowest BCUT2D eigenvalue weighted by atomic mass is 10.3. The Morgan fingerprint density at radius 3 is 1.90 bits per heavy atom. The molecule has 0 aromatic carbocycles. The third kappa shape index (κ3) is 22.0. The number of ether oxygens (including phenoxy) is 3. The second kappa shape index (κ2) is 15.8. The van der Waals surface area contributed by atoms with Crippen LogP contribution in [0.3, 0.4) is 0 Å². The normalized spacial score (nSPS) is 11.3. The quantitative estimate of drug-likeness (QED) is 0.276. The zero-order valence-electron chi connectivity index (χ0n) is 11.4. The number of hydrogen-bond donors (Lipinski definition) is 4. The van der Waals surface area contributed by atoms with Crippen LogP contribution in [0.2, 0.25) is 0 Å². The summed E-state index contributed by atoms with van der Waals surface area (Å²) in [5.74, 6) is -2.15. The molecule has 4 N–H and O–H groups in total. The van der Waals surface area contributed by atoms with E-state index in [0.29, 0.717) is 19.8 Å². The van der Waals surface area contributed by atoms with E-state index in [4.69, 9.17) is 29.9 Å². The molecule has 0 aliphatic carbocycles. The summed E-state index contributed by atoms with van der Waals surface area (Å²) in [4.78, 5) is 19.3. The fraction of sp³-hybridized carbons (Fsp3) is 0.818. The summed E-state index contributed by atoms with van der Waals surface area (Å²) >= 11 is 0. The lowest BCUT2D eigenvalue weighted by Crippen LogP contribution is -2.19. The van der Waals surface area contributed by atoms with Gasteiger partial charge in [-0.05, 0) is 0 Å². The number of carbonyl (C=O) groups is 2. The van der Waals surface area contributed by atoms with Crippen LogP contribution in [-0.2, 0) is 23.8 Å². The van der Waals surface area contributed by atoms with Gasteiger partial charge in [0.1, 0.15) is 0 Å². The zero-order valence-corrected chi connectivity index (χ0v) is 11.4. The van der Waals surface area contributed by atoms with E-state index < -0.39 is 18.2 Å². The Kier molecular flexibility index (Phi) is 16.6. The first-order chi connectivity index (χ1) is 9.43. The van der Waals surface area contributed by atoms with Crippen molar-refractivity contribution in [1.29, 1.82) is 0 Å². The number of rotatable bonds is 11. The molecule has 0 spiro atoms. The lowest BCUT2D eigenvalue weighted by molar-refractivity contribution is -0.143. The average Bonchev–Trinajstić information content (AvgIpc) is 2.40. The highest BCUT2D eigenvalue weighted by atomic mass is 16.6. The summed E-state index contributed by atoms with van der Waals surface area (Å²) in [6.45, 7) is 1.27. The molecule has 0 saturated heterocycles. The minimum absolute atomic E-state index is 0.0146. The first-order valence-electron chi connectivity index (χ1n) is 5.84. The molecule has 0 aromatic heterocycles. The number of carboxylic acid groups (broad SMARTS) is 2. The minimum Gasteiger partial charge on any atom is -0.481 e. The van der Waals surface area contributed by atoms with Gasteiger partial charge >= 0.3 is 11.9 Å². The van der Waals surface area contributed by atoms with Gasteiger partial charge in [-0.1, -0.05) is 0 Å². The highest BCUT2D eigenvalue weighted by molar-refractivity contribution is 5.75. The topological polar surface area (TPSA) is 143 Å². The SMILES string of the molecule is COC(O)COCCOCCO.O=C(O)CCC(=O)O. The number of carboxylic acids is 2. The van der Waals surface area contributed by atoms with Crippen LogP contribution in [0.1, 0.15) is 12.8 Å². The second-order valence-electron chi connectivity index (χ2n) is 3.39. The molecule has 120 valence electrons. The van der Waals surface area contributed by atoms with Crippen LogP contribution in [0.4, 0.5) is 0 Å². The van der Waals surface area contributed by atoms with Crippen molar-refractivity contribution >= 4 is 11.9 Å². The summed E-state index contributed by atoms with van der Waals surface area (Å²) < 4.78 is 14.4. The third-order valence-corrected chi connectivity index (χ3v) is 1.69. The Morgan fingerprint density at radius 2 is 1.50 bits per heavy atom. The van der Waals surface area contributed by atoms with E-state index in [1.807, 2.05) is 0 Å². The summed E-state index contributed by atoms with van der Waals surface area (Å²) in [5, 5.41) is 33.0. The van der Waals surface area contributed by atoms with Gasteiger partial charge in [0.15, 0.2) is 6.29 Å². The second-order valence-corrected chi connectivity index (χ2v) is 3.39. The summed E-state index contributed by atoms with van der Waals surface area (Å²) in [6.07, 6.45) is -1.46. The first kappa shape index (κ1) is 21.0. The number of aliphatic hydroxyl groups is 2. The van der Waals surface area contributed by atoms with Gasteiger partial charge in [-0.25, -0.2) is 0 Å². The molecule has 9 nitrogen and oxygen atoms in total. The van der Waals surface area contributed by atoms with Crippen molar-refractivity contribution in [2.24, 2.45) is 0 Å². The van der Waals surface area contributed by atoms with Gasteiger partial charge in [-0.15, -0.1) is 0 Å². The monoisotopic (exact) mass is 298 g/mol. The van der Waals surface area contributed by atoms with Crippen molar-refractivity contribution < 1.29 is 44.2 Å². The van der Waals surface area contributed by atoms with Gasteiger partial charge in [0.25, 0.3) is 0 Å². The van der Waals surface area contributed by atoms with E-state index in [1.165, 1.54) is 7.11 Å². The van der Waals surface area contributed by atoms with Crippen LogP contribution in [0.15, 0.2) is 0 Å². The number of aliphatic hydroxyl groups excluding tert-OH is 2. The van der Waals surface area contributed by atoms with Crippen molar-refractivity contribution in [2.45, 2.75) is 19.1 Å². The lowest BCUT2D eigenvalue weighted by Gasteiger charge is -2.08. The minimum atomic E-state index is -1.08. The summed E-state index contributed by atoms with van der Waals surface area (Å²) in [6, 6.07) is 0. The van der Waals surface area contributed by atoms with Crippen LogP contribution in [0, 0.1) is 0 Å². The molecule has 0 heterocycles. The maximum absolute atomic E-state index is 9.64. The standard InChI is InChI=1S/C7H16O5.C4H6O4/c1-10-7(9)6-12-5-4-11-3-2-8;5-3(6)1-2-4(7)8/h7-9H,2-6H2,1H3;1-2H2,(H,5,6)(H,7,8). The van der Waals surface area contributed by atoms with E-state index >= 15 is 0 Å². The highest BCUT2D eigenvalue weighted by Crippen LogP contribution is 1.86. The van der Waals surface area contributed by atoms with E-state index in [1.54, 1.807) is 0 Å². The van der Waals surface area contributed by atoms with Crippen LogP contribution >= 0.6 is 0 Å². The van der Waals surface area contributed by atoms with Gasteiger partial charge in [-0.2, -0.15) is 0 Å². The summed E-state index contributed by atoms with van der Waals surface area (Å²) in [5.41, 5.74) is 0. The van der Waals surface area contributed by atoms with E-state index in [-0.39, 0.29) is 26.1 Å². The maximum atomic E-state index is 9.64. The predicted molar refractivity (Wildman–Crippen MR) is 66.2 cm³/mol. The molecular weight excluding hydrogens is 276 g/mol. The Bertz CT molecular complexity index is 230. The van der Waals surface area contributed by atoms with Crippen LogP contribution < -0.4 is 0 Å². The van der Waals surface area contributed by atoms with Gasteiger partial charge in [0, 0.05) is 7.11 Å². The third-order valence-electron chi connectivity index (χ3n) is 1.69. The van der Waals surface area contributed by atoms with Crippen molar-refractivity contribution in [3.05, 3.63) is 0 Å². The Balaban J connectivity index is 0. The van der Waals surface area contributed by atoms with Crippen molar-refractivity contribution in [3.63, 3.8) is 0 Å². The highest BCUT2D eigenvalue weighted by Gasteiger charge is 2.00. The van der Waals surface area contributed by atoms with Crippen molar-refractivity contribution in [1.82, 2.24) is 0 Å². The van der Waals surface area contributed by atoms with Gasteiger partial charge in [0.2, 0.25) is 0 Å². The first-order valence-corrected chi connectivity index (χ1v) is 5.84. The molecule has 0 fully saturated rings. The number of hydrogen-bond acceptors (Lipinski definition) is 7. The Morgan fingerprint density at radius 1 is 1.00 bits per heavy atom. The van der Waals surface area contributed by atoms with Crippen molar-refractivity contribution in [2.75, 3.05) is 40.1 Å². The Hall–Kier alpha value is -1.26. The summed E-state index contributed by atoms with van der Waals surface area (Å²) in [7, 11) is 1.40. The van der Waals surface area contributed by atoms with Crippen LogP contribution in [-0.4, -0.2) is 78.8 Å². The molecule has 0 radical (unpaired) electrons. The predicted octanol–water partition coefficient (Wildman–Crippen LogP) is -1.09. The molecule has 0 saturated carbocycles. The smallest absolute Gasteiger partial charge is 0.303 e. The van der Waals surface area contributed by atoms with E-state index in [9.17, 15) is 9.59 Å². The van der Waals surface area contributed by atoms with Gasteiger partial charge < -0.3 is 34.6 Å². The molecule has 0 amide bonds. The molecule has 0 rings (SSSR count).